The highest BCUT2D eigenvalue weighted by Gasteiger charge is 2.48. The number of hydrogen-bond acceptors (Lipinski definition) is 6. The van der Waals surface area contributed by atoms with Crippen LogP contribution in [0.5, 0.6) is 5.75 Å². The number of ketones is 1. The van der Waals surface area contributed by atoms with Crippen molar-refractivity contribution in [2.45, 2.75) is 28.5 Å². The average Bonchev–Trinajstić information content (AvgIpc) is 3.44. The van der Waals surface area contributed by atoms with Gasteiger partial charge in [0, 0.05) is 23.4 Å². The van der Waals surface area contributed by atoms with E-state index >= 15 is 0 Å². The molecule has 1 fully saturated rings. The maximum Gasteiger partial charge on any atom is 0.242 e. The van der Waals surface area contributed by atoms with Gasteiger partial charge in [-0.05, 0) is 64.4 Å². The molecule has 0 bridgehead atoms. The maximum atomic E-state index is 13.9. The minimum absolute atomic E-state index is 0.0540. The summed E-state index contributed by atoms with van der Waals surface area (Å²) in [7, 11) is 1.42. The Bertz CT molecular complexity index is 1440. The van der Waals surface area contributed by atoms with Crippen molar-refractivity contribution in [1.29, 1.82) is 0 Å². The summed E-state index contributed by atoms with van der Waals surface area (Å²) in [6, 6.07) is 19.3. The molecule has 2 aromatic heterocycles. The summed E-state index contributed by atoms with van der Waals surface area (Å²) in [5.41, 5.74) is 1.82. The highest BCUT2D eigenvalue weighted by Crippen LogP contribution is 2.41. The fourth-order valence-corrected chi connectivity index (χ4v) is 6.40. The first-order valence-corrected chi connectivity index (χ1v) is 13.7. The molecule has 1 N–H and O–H groups in total. The molecule has 1 amide bonds. The monoisotopic (exact) mass is 552 g/mol. The van der Waals surface area contributed by atoms with Gasteiger partial charge in [-0.15, -0.1) is 11.8 Å². The summed E-state index contributed by atoms with van der Waals surface area (Å²) in [4.78, 5) is 32.4. The van der Waals surface area contributed by atoms with E-state index in [1.165, 1.54) is 24.5 Å². The molecule has 5 rings (SSSR count). The zero-order valence-corrected chi connectivity index (χ0v) is 22.1. The maximum absolute atomic E-state index is 13.9. The molecule has 0 saturated carbocycles. The first kappa shape index (κ1) is 25.4. The molecule has 37 heavy (non-hydrogen) atoms. The lowest BCUT2D eigenvalue weighted by Gasteiger charge is -2.39. The number of carbonyl (C=O) groups is 2. The van der Waals surface area contributed by atoms with Crippen LogP contribution in [-0.4, -0.2) is 29.0 Å². The van der Waals surface area contributed by atoms with E-state index in [0.717, 1.165) is 28.6 Å². The molecule has 4 aromatic rings. The van der Waals surface area contributed by atoms with Crippen LogP contribution in [0.15, 0.2) is 82.4 Å². The summed E-state index contributed by atoms with van der Waals surface area (Å²) >= 11 is 8.92. The van der Waals surface area contributed by atoms with E-state index in [0.29, 0.717) is 22.0 Å². The Morgan fingerprint density at radius 1 is 1.16 bits per heavy atom. The van der Waals surface area contributed by atoms with E-state index in [1.807, 2.05) is 41.1 Å². The van der Waals surface area contributed by atoms with Gasteiger partial charge in [0.05, 0.1) is 17.8 Å². The predicted octanol–water partition coefficient (Wildman–Crippen LogP) is 6.03. The molecule has 2 unspecified atom stereocenters. The number of thioether (sulfide) groups is 1. The number of nitrogens with zero attached hydrogens (tertiary/aromatic N) is 1. The Morgan fingerprint density at radius 2 is 2.00 bits per heavy atom. The molecule has 1 aliphatic heterocycles. The van der Waals surface area contributed by atoms with Gasteiger partial charge < -0.3 is 10.1 Å². The molecule has 9 heteroatoms. The first-order valence-electron chi connectivity index (χ1n) is 11.5. The zero-order valence-electron chi connectivity index (χ0n) is 19.7. The van der Waals surface area contributed by atoms with E-state index < -0.39 is 16.6 Å². The SMILES string of the molecule is COc1cc(Cc2cccc(C3(c4ccsc4)CC(=O)C(Sc4ccccc4Cl)C(=O)N3)n2)ccc1F. The molecular formula is C28H22ClFN2O3S2. The van der Waals surface area contributed by atoms with Crippen LogP contribution in [0.3, 0.4) is 0 Å². The van der Waals surface area contributed by atoms with Gasteiger partial charge in [-0.1, -0.05) is 35.9 Å². The zero-order chi connectivity index (χ0) is 26.0. The number of benzene rings is 2. The molecule has 188 valence electrons. The van der Waals surface area contributed by atoms with Crippen LogP contribution in [-0.2, 0) is 21.5 Å². The van der Waals surface area contributed by atoms with E-state index in [2.05, 4.69) is 5.32 Å². The second-order valence-corrected chi connectivity index (χ2v) is 11.0. The van der Waals surface area contributed by atoms with Gasteiger partial charge in [0.25, 0.3) is 0 Å². The molecule has 2 aromatic carbocycles. The largest absolute Gasteiger partial charge is 0.494 e. The van der Waals surface area contributed by atoms with Gasteiger partial charge in [-0.3, -0.25) is 14.6 Å². The van der Waals surface area contributed by atoms with Crippen molar-refractivity contribution < 1.29 is 18.7 Å². The Labute approximate surface area is 227 Å². The van der Waals surface area contributed by atoms with Crippen molar-refractivity contribution in [2.24, 2.45) is 0 Å². The number of hydrogen-bond donors (Lipinski definition) is 1. The number of piperidine rings is 1. The number of nitrogens with one attached hydrogen (secondary N) is 1. The summed E-state index contributed by atoms with van der Waals surface area (Å²) in [5, 5.41) is 6.55. The molecule has 1 saturated heterocycles. The molecule has 0 radical (unpaired) electrons. The van der Waals surface area contributed by atoms with Crippen molar-refractivity contribution in [3.63, 3.8) is 0 Å². The lowest BCUT2D eigenvalue weighted by Crippen LogP contribution is -2.58. The van der Waals surface area contributed by atoms with Crippen molar-refractivity contribution in [1.82, 2.24) is 10.3 Å². The molecular weight excluding hydrogens is 531 g/mol. The third kappa shape index (κ3) is 5.14. The topological polar surface area (TPSA) is 68.3 Å². The van der Waals surface area contributed by atoms with Crippen molar-refractivity contribution in [3.05, 3.63) is 111 Å². The number of carbonyl (C=O) groups excluding carboxylic acids is 2. The van der Waals surface area contributed by atoms with Crippen LogP contribution >= 0.6 is 34.7 Å². The average molecular weight is 553 g/mol. The Morgan fingerprint density at radius 3 is 2.73 bits per heavy atom. The highest BCUT2D eigenvalue weighted by molar-refractivity contribution is 8.01. The van der Waals surface area contributed by atoms with Crippen LogP contribution in [0.2, 0.25) is 5.02 Å². The third-order valence-electron chi connectivity index (χ3n) is 6.25. The number of rotatable bonds is 7. The Kier molecular flexibility index (Phi) is 7.33. The molecule has 5 nitrogen and oxygen atoms in total. The first-order chi connectivity index (χ1) is 17.9. The van der Waals surface area contributed by atoms with Gasteiger partial charge >= 0.3 is 0 Å². The quantitative estimate of drug-likeness (QED) is 0.284. The van der Waals surface area contributed by atoms with E-state index in [9.17, 15) is 14.0 Å². The molecule has 1 aliphatic rings. The summed E-state index contributed by atoms with van der Waals surface area (Å²) in [6.07, 6.45) is 0.482. The number of halogens is 2. The number of methoxy groups -OCH3 is 1. The van der Waals surface area contributed by atoms with Crippen LogP contribution in [0.25, 0.3) is 0 Å². The lowest BCUT2D eigenvalue weighted by molar-refractivity contribution is -0.133. The number of pyridine rings is 1. The minimum atomic E-state index is -1.10. The van der Waals surface area contributed by atoms with Crippen molar-refractivity contribution >= 4 is 46.4 Å². The number of aromatic nitrogens is 1. The number of Topliss-reactive ketones (excluding diaryl/α,β-unsaturated/α-hetero) is 1. The van der Waals surface area contributed by atoms with Gasteiger partial charge in [0.15, 0.2) is 17.3 Å². The predicted molar refractivity (Wildman–Crippen MR) is 144 cm³/mol. The summed E-state index contributed by atoms with van der Waals surface area (Å²) < 4.78 is 19.0. The van der Waals surface area contributed by atoms with Gasteiger partial charge in [0.1, 0.15) is 10.8 Å². The smallest absolute Gasteiger partial charge is 0.242 e. The second kappa shape index (κ2) is 10.7. The van der Waals surface area contributed by atoms with E-state index in [1.54, 1.807) is 30.3 Å². The number of ether oxygens (including phenoxy) is 1. The van der Waals surface area contributed by atoms with Crippen LogP contribution < -0.4 is 10.1 Å². The standard InChI is InChI=1S/C28H22ClFN2O3S2/c1-35-23-14-17(9-10-21(23)30)13-19-5-4-8-25(31-19)28(18-11-12-36-16-18)15-22(33)26(27(34)32-28)37-24-7-3-2-6-20(24)29/h2-12,14,16,26H,13,15H2,1H3,(H,32,34). The fraction of sp³-hybridized carbons (Fsp3) is 0.179. The third-order valence-corrected chi connectivity index (χ3v) is 8.69. The van der Waals surface area contributed by atoms with Crippen LogP contribution in [0, 0.1) is 5.82 Å². The normalized spacial score (nSPS) is 19.5. The summed E-state index contributed by atoms with van der Waals surface area (Å²) in [5.74, 6) is -0.856. The molecule has 2 atom stereocenters. The minimum Gasteiger partial charge on any atom is -0.494 e. The van der Waals surface area contributed by atoms with Crippen molar-refractivity contribution in [2.75, 3.05) is 7.11 Å². The Hall–Kier alpha value is -3.20. The van der Waals surface area contributed by atoms with Crippen LogP contribution in [0.4, 0.5) is 4.39 Å². The van der Waals surface area contributed by atoms with Gasteiger partial charge in [0.2, 0.25) is 5.91 Å². The van der Waals surface area contributed by atoms with E-state index in [4.69, 9.17) is 21.3 Å². The fourth-order valence-electron chi connectivity index (χ4n) is 4.43. The molecule has 0 spiro atoms. The number of thiophene rings is 1. The van der Waals surface area contributed by atoms with Crippen LogP contribution in [0.1, 0.15) is 28.9 Å². The van der Waals surface area contributed by atoms with Gasteiger partial charge in [-0.2, -0.15) is 11.3 Å². The lowest BCUT2D eigenvalue weighted by atomic mass is 9.79. The van der Waals surface area contributed by atoms with Gasteiger partial charge in [-0.25, -0.2) is 4.39 Å². The summed E-state index contributed by atoms with van der Waals surface area (Å²) in [6.45, 7) is 0. The Balaban J connectivity index is 1.47. The second-order valence-electron chi connectivity index (χ2n) is 8.64. The molecule has 3 heterocycles. The molecule has 0 aliphatic carbocycles. The van der Waals surface area contributed by atoms with E-state index in [-0.39, 0.29) is 23.9 Å². The van der Waals surface area contributed by atoms with Crippen molar-refractivity contribution in [3.8, 4) is 5.75 Å². The number of amides is 1. The highest BCUT2D eigenvalue weighted by atomic mass is 35.5.